The molecule has 3 aromatic rings. The molecule has 1 saturated heterocycles. The fourth-order valence-electron chi connectivity index (χ4n) is 10.5. The molecule has 3 aliphatic carbocycles. The van der Waals surface area contributed by atoms with Crippen LogP contribution in [0.5, 0.6) is 0 Å². The monoisotopic (exact) mass is 905 g/mol. The fourth-order valence-corrected chi connectivity index (χ4v) is 10.5. The maximum Gasteiger partial charge on any atom is 0.338 e. The molecule has 2 bridgehead atoms. The second-order valence-corrected chi connectivity index (χ2v) is 18.5. The van der Waals surface area contributed by atoms with Gasteiger partial charge in [-0.2, -0.15) is 0 Å². The average Bonchev–Trinajstić information content (AvgIpc) is 3.26. The van der Waals surface area contributed by atoms with Gasteiger partial charge in [0.2, 0.25) is 0 Å². The Hall–Kier alpha value is -6.45. The molecule has 3 aromatic carbocycles. The predicted molar refractivity (Wildman–Crippen MR) is 238 cm³/mol. The molecule has 1 N–H and O–H groups in total. The number of hydrogen-bond acceptors (Lipinski definition) is 15. The molecule has 4 aliphatic rings. The van der Waals surface area contributed by atoms with Crippen LogP contribution < -0.4 is 4.90 Å². The van der Waals surface area contributed by atoms with Gasteiger partial charge in [-0.15, -0.1) is 0 Å². The minimum atomic E-state index is -2.28. The number of ketones is 2. The molecule has 3 fully saturated rings. The number of carbonyl (C=O) groups is 7. The maximum absolute atomic E-state index is 15.9. The molecule has 15 nitrogen and oxygen atoms in total. The number of esters is 5. The number of hydrogen-bond donors (Lipinski definition) is 1. The first kappa shape index (κ1) is 47.5. The summed E-state index contributed by atoms with van der Waals surface area (Å²) in [5.41, 5.74) is -4.79. The number of nitrogens with zero attached hydrogens (tertiary/aromatic N) is 1. The minimum absolute atomic E-state index is 0.0917. The summed E-state index contributed by atoms with van der Waals surface area (Å²) in [5.74, 6) is -6.71. The van der Waals surface area contributed by atoms with E-state index in [-0.39, 0.29) is 36.4 Å². The largest absolute Gasteiger partial charge is 0.458 e. The lowest BCUT2D eigenvalue weighted by molar-refractivity contribution is -0.346. The number of Topliss-reactive ketones (excluding diaryl/α,β-unsaturated/α-hetero) is 1. The Kier molecular flexibility index (Phi) is 12.8. The summed E-state index contributed by atoms with van der Waals surface area (Å²) in [6, 6.07) is 21.7. The number of fused-ring (bicyclic) bond motifs is 5. The van der Waals surface area contributed by atoms with Crippen molar-refractivity contribution in [1.82, 2.24) is 0 Å². The van der Waals surface area contributed by atoms with Crippen molar-refractivity contribution in [3.63, 3.8) is 0 Å². The van der Waals surface area contributed by atoms with Gasteiger partial charge >= 0.3 is 29.8 Å². The molecule has 1 heterocycles. The Morgan fingerprint density at radius 1 is 0.773 bits per heavy atom. The van der Waals surface area contributed by atoms with Crippen molar-refractivity contribution in [3.8, 4) is 0 Å². The van der Waals surface area contributed by atoms with Gasteiger partial charge in [0.15, 0.2) is 23.3 Å². The van der Waals surface area contributed by atoms with E-state index < -0.39 is 94.1 Å². The summed E-state index contributed by atoms with van der Waals surface area (Å²) in [5, 5.41) is 13.6. The predicted octanol–water partition coefficient (Wildman–Crippen LogP) is 5.78. The van der Waals surface area contributed by atoms with Crippen molar-refractivity contribution in [3.05, 3.63) is 118 Å². The van der Waals surface area contributed by atoms with Gasteiger partial charge in [-0.3, -0.25) is 24.0 Å². The standard InChI is InChI=1S/C51H55NO14/c1-28-37(62-29(2)53)26-51(60)46(65-47(59)35-13-11-10-12-14-35)44-49(7,45(58)43(63-30(3)54)41(28)48(51,5)6)38(25-39-50(44,27-61-39)66-31(4)55)64-40(56)24-17-32-15-18-33(19-16-32)42(57)34-20-22-36(23-21-34)52(8)9/h10-24,37-39,43-44,46,60H,25-27H2,1-9H3/b24-17+/t37-,38-,39+,43+,44?,46-,49+,50-,51+/m0/s1. The molecule has 0 spiro atoms. The van der Waals surface area contributed by atoms with E-state index in [1.807, 2.05) is 31.1 Å². The van der Waals surface area contributed by atoms with Crippen LogP contribution in [0.2, 0.25) is 0 Å². The van der Waals surface area contributed by atoms with E-state index in [1.165, 1.54) is 39.0 Å². The SMILES string of the molecule is CC(=O)O[C@H]1C(=O)[C@@]2(C)C([C@H](OC(=O)c3ccccc3)[C@]3(O)C[C@H](OC(C)=O)C(C)=C1C3(C)C)[C@]1(OC(C)=O)CO[C@@H]1C[C@@H]2OC(=O)/C=C/c1ccc(C(=O)c2ccc(N(C)C)cc2)cc1. The summed E-state index contributed by atoms with van der Waals surface area (Å²) >= 11 is 0. The highest BCUT2D eigenvalue weighted by Crippen LogP contribution is 2.65. The zero-order valence-corrected chi connectivity index (χ0v) is 38.4. The molecule has 2 saturated carbocycles. The van der Waals surface area contributed by atoms with Gasteiger partial charge in [-0.05, 0) is 73.0 Å². The third-order valence-corrected chi connectivity index (χ3v) is 13.9. The Balaban J connectivity index is 1.34. The zero-order valence-electron chi connectivity index (χ0n) is 38.4. The van der Waals surface area contributed by atoms with Gasteiger partial charge in [-0.25, -0.2) is 9.59 Å². The smallest absolute Gasteiger partial charge is 0.338 e. The molecular formula is C51H55NO14. The molecule has 0 aromatic heterocycles. The van der Waals surface area contributed by atoms with Gasteiger partial charge in [0.1, 0.15) is 30.0 Å². The first-order chi connectivity index (χ1) is 31.0. The first-order valence-corrected chi connectivity index (χ1v) is 21.8. The van der Waals surface area contributed by atoms with Crippen molar-refractivity contribution in [1.29, 1.82) is 0 Å². The highest BCUT2D eigenvalue weighted by molar-refractivity contribution is 6.09. The van der Waals surface area contributed by atoms with E-state index in [1.54, 1.807) is 75.4 Å². The molecule has 348 valence electrons. The number of carbonyl (C=O) groups excluding carboxylic acids is 7. The van der Waals surface area contributed by atoms with Crippen molar-refractivity contribution >= 4 is 53.2 Å². The number of benzene rings is 3. The average molecular weight is 906 g/mol. The Bertz CT molecular complexity index is 2510. The Labute approximate surface area is 383 Å². The topological polar surface area (TPSA) is 198 Å². The lowest BCUT2D eigenvalue weighted by atomic mass is 9.44. The Morgan fingerprint density at radius 2 is 1.38 bits per heavy atom. The zero-order chi connectivity index (χ0) is 48.1. The van der Waals surface area contributed by atoms with E-state index in [4.69, 9.17) is 28.4 Å². The summed E-state index contributed by atoms with van der Waals surface area (Å²) in [7, 11) is 3.81. The van der Waals surface area contributed by atoms with E-state index in [0.717, 1.165) is 18.7 Å². The van der Waals surface area contributed by atoms with E-state index >= 15 is 4.79 Å². The van der Waals surface area contributed by atoms with E-state index in [0.29, 0.717) is 22.3 Å². The van der Waals surface area contributed by atoms with Gasteiger partial charge in [0.05, 0.1) is 23.5 Å². The quantitative estimate of drug-likeness (QED) is 0.0798. The van der Waals surface area contributed by atoms with Crippen LogP contribution in [0.15, 0.2) is 96.1 Å². The van der Waals surface area contributed by atoms with Crippen LogP contribution in [-0.4, -0.2) is 109 Å². The summed E-state index contributed by atoms with van der Waals surface area (Å²) in [6.07, 6.45) is -5.20. The van der Waals surface area contributed by atoms with Crippen LogP contribution in [0.3, 0.4) is 0 Å². The molecule has 1 unspecified atom stereocenters. The van der Waals surface area contributed by atoms with Crippen LogP contribution in [0, 0.1) is 16.7 Å². The molecule has 7 rings (SSSR count). The highest BCUT2D eigenvalue weighted by Gasteiger charge is 2.79. The van der Waals surface area contributed by atoms with Crippen molar-refractivity contribution in [2.24, 2.45) is 16.7 Å². The third-order valence-electron chi connectivity index (χ3n) is 13.9. The van der Waals surface area contributed by atoms with Gasteiger partial charge in [0.25, 0.3) is 0 Å². The molecule has 9 atom stereocenters. The summed E-state index contributed by atoms with van der Waals surface area (Å²) in [6.45, 7) is 9.42. The number of rotatable bonds is 11. The van der Waals surface area contributed by atoms with Crippen LogP contribution >= 0.6 is 0 Å². The van der Waals surface area contributed by atoms with E-state index in [2.05, 4.69) is 0 Å². The first-order valence-electron chi connectivity index (χ1n) is 21.8. The number of anilines is 1. The van der Waals surface area contributed by atoms with Crippen molar-refractivity contribution in [2.45, 2.75) is 103 Å². The minimum Gasteiger partial charge on any atom is -0.458 e. The fraction of sp³-hybridized carbons (Fsp3) is 0.431. The second-order valence-electron chi connectivity index (χ2n) is 18.5. The molecule has 0 radical (unpaired) electrons. The van der Waals surface area contributed by atoms with Crippen molar-refractivity contribution < 1.29 is 67.1 Å². The maximum atomic E-state index is 15.9. The third kappa shape index (κ3) is 8.23. The molecule has 66 heavy (non-hydrogen) atoms. The van der Waals surface area contributed by atoms with Gasteiger partial charge < -0.3 is 38.4 Å². The highest BCUT2D eigenvalue weighted by atomic mass is 16.6. The second kappa shape index (κ2) is 17.7. The van der Waals surface area contributed by atoms with E-state index in [9.17, 15) is 33.9 Å². The van der Waals surface area contributed by atoms with Gasteiger partial charge in [0, 0.05) is 76.0 Å². The van der Waals surface area contributed by atoms with Crippen molar-refractivity contribution in [2.75, 3.05) is 25.6 Å². The van der Waals surface area contributed by atoms with Crippen LogP contribution in [0.25, 0.3) is 6.08 Å². The Morgan fingerprint density at radius 3 is 1.92 bits per heavy atom. The molecule has 1 aliphatic heterocycles. The van der Waals surface area contributed by atoms with Crippen LogP contribution in [-0.2, 0) is 52.4 Å². The molecular weight excluding hydrogens is 851 g/mol. The number of aliphatic hydroxyl groups is 1. The normalized spacial score (nSPS) is 29.7. The molecule has 15 heteroatoms. The van der Waals surface area contributed by atoms with Crippen LogP contribution in [0.4, 0.5) is 5.69 Å². The van der Waals surface area contributed by atoms with Gasteiger partial charge in [-0.1, -0.05) is 56.3 Å². The van der Waals surface area contributed by atoms with Crippen LogP contribution in [0.1, 0.15) is 93.2 Å². The molecule has 0 amide bonds. The summed E-state index contributed by atoms with van der Waals surface area (Å²) in [4.78, 5) is 98.3. The number of ether oxygens (including phenoxy) is 6. The lowest BCUT2D eigenvalue weighted by Crippen LogP contribution is -2.82. The lowest BCUT2D eigenvalue weighted by Gasteiger charge is -2.67. The summed E-state index contributed by atoms with van der Waals surface area (Å²) < 4.78 is 36.6.